The first kappa shape index (κ1) is 17.6. The van der Waals surface area contributed by atoms with Gasteiger partial charge in [0.05, 0.1) is 6.20 Å². The molecular weight excluding hydrogens is 316 g/mol. The molecule has 6 nitrogen and oxygen atoms in total. The Balaban J connectivity index is 1.67. The second-order valence-corrected chi connectivity index (χ2v) is 6.89. The fourth-order valence-corrected chi connectivity index (χ4v) is 3.36. The Morgan fingerprint density at radius 1 is 1.32 bits per heavy atom. The van der Waals surface area contributed by atoms with Crippen molar-refractivity contribution in [2.75, 3.05) is 19.6 Å². The number of aryl methyl sites for hydroxylation is 2. The van der Waals surface area contributed by atoms with Crippen LogP contribution in [-0.2, 0) is 24.3 Å². The van der Waals surface area contributed by atoms with E-state index in [0.717, 1.165) is 38.2 Å². The smallest absolute Gasteiger partial charge is 0.325 e. The highest BCUT2D eigenvalue weighted by atomic mass is 16.4. The van der Waals surface area contributed by atoms with E-state index >= 15 is 0 Å². The van der Waals surface area contributed by atoms with Crippen molar-refractivity contribution in [2.24, 2.45) is 0 Å². The number of nitrogens with one attached hydrogen (secondary N) is 1. The number of benzene rings is 1. The lowest BCUT2D eigenvalue weighted by molar-refractivity contribution is -0.137. The van der Waals surface area contributed by atoms with Gasteiger partial charge in [-0.25, -0.2) is 0 Å². The van der Waals surface area contributed by atoms with Gasteiger partial charge in [0, 0.05) is 44.0 Å². The van der Waals surface area contributed by atoms with E-state index in [9.17, 15) is 4.79 Å². The number of nitrogens with zero attached hydrogens (tertiary/aromatic N) is 3. The molecule has 0 bridgehead atoms. The Bertz CT molecular complexity index is 741. The third-order valence-electron chi connectivity index (χ3n) is 4.88. The zero-order valence-corrected chi connectivity index (χ0v) is 14.9. The second-order valence-electron chi connectivity index (χ2n) is 6.89. The number of piperazine rings is 1. The summed E-state index contributed by atoms with van der Waals surface area (Å²) in [6.07, 6.45) is 4.62. The van der Waals surface area contributed by atoms with Crippen LogP contribution < -0.4 is 5.32 Å². The highest BCUT2D eigenvalue weighted by molar-refractivity contribution is 5.66. The topological polar surface area (TPSA) is 70.4 Å². The van der Waals surface area contributed by atoms with E-state index in [1.54, 1.807) is 6.20 Å². The van der Waals surface area contributed by atoms with E-state index in [2.05, 4.69) is 47.4 Å². The number of hydrogen-bond acceptors (Lipinski definition) is 4. The molecule has 1 aromatic carbocycles. The first-order valence-electron chi connectivity index (χ1n) is 8.75. The molecule has 0 amide bonds. The van der Waals surface area contributed by atoms with Gasteiger partial charge in [0.1, 0.15) is 6.54 Å². The van der Waals surface area contributed by atoms with Crippen LogP contribution in [0.4, 0.5) is 0 Å². The molecule has 2 heterocycles. The molecule has 1 unspecified atom stereocenters. The van der Waals surface area contributed by atoms with Crippen molar-refractivity contribution in [3.05, 3.63) is 52.8 Å². The first-order valence-corrected chi connectivity index (χ1v) is 8.75. The van der Waals surface area contributed by atoms with E-state index in [1.807, 2.05) is 6.20 Å². The normalized spacial score (nSPS) is 18.4. The standard InChI is InChI=1S/C19H26N4O2/c1-14-3-4-16(7-15(14)2)8-18-10-20-5-6-22(18)11-17-9-21-23(12-17)13-19(24)25/h3-4,7,9,12,18,20H,5-6,8,10-11,13H2,1-2H3,(H,24,25). The van der Waals surface area contributed by atoms with Crippen LogP contribution in [0.1, 0.15) is 22.3 Å². The first-order chi connectivity index (χ1) is 12.0. The van der Waals surface area contributed by atoms with Crippen LogP contribution in [0.2, 0.25) is 0 Å². The molecule has 1 aliphatic rings. The van der Waals surface area contributed by atoms with Crippen LogP contribution in [0, 0.1) is 13.8 Å². The van der Waals surface area contributed by atoms with Crippen LogP contribution in [0.5, 0.6) is 0 Å². The monoisotopic (exact) mass is 342 g/mol. The Labute approximate surface area is 148 Å². The summed E-state index contributed by atoms with van der Waals surface area (Å²) in [5.74, 6) is -0.871. The molecule has 1 fully saturated rings. The van der Waals surface area contributed by atoms with Crippen LogP contribution >= 0.6 is 0 Å². The number of aromatic nitrogens is 2. The molecule has 134 valence electrons. The van der Waals surface area contributed by atoms with Crippen molar-refractivity contribution in [1.29, 1.82) is 0 Å². The molecule has 25 heavy (non-hydrogen) atoms. The summed E-state index contributed by atoms with van der Waals surface area (Å²) in [6.45, 7) is 7.95. The molecule has 1 aliphatic heterocycles. The summed E-state index contributed by atoms with van der Waals surface area (Å²) < 4.78 is 1.48. The maximum atomic E-state index is 10.8. The summed E-state index contributed by atoms with van der Waals surface area (Å²) in [7, 11) is 0. The molecule has 3 rings (SSSR count). The summed E-state index contributed by atoms with van der Waals surface area (Å²) in [5.41, 5.74) is 5.09. The van der Waals surface area contributed by atoms with Gasteiger partial charge in [-0.2, -0.15) is 5.10 Å². The number of carboxylic acid groups (broad SMARTS) is 1. The summed E-state index contributed by atoms with van der Waals surface area (Å²) >= 11 is 0. The average Bonchev–Trinajstić information content (AvgIpc) is 2.99. The zero-order chi connectivity index (χ0) is 17.8. The molecule has 0 radical (unpaired) electrons. The molecule has 0 spiro atoms. The fourth-order valence-electron chi connectivity index (χ4n) is 3.36. The molecule has 1 atom stereocenters. The van der Waals surface area contributed by atoms with E-state index < -0.39 is 5.97 Å². The predicted octanol–water partition coefficient (Wildman–Crippen LogP) is 1.60. The molecule has 1 saturated heterocycles. The van der Waals surface area contributed by atoms with E-state index in [4.69, 9.17) is 5.11 Å². The second kappa shape index (κ2) is 7.80. The van der Waals surface area contributed by atoms with Gasteiger partial charge in [-0.3, -0.25) is 14.4 Å². The van der Waals surface area contributed by atoms with Gasteiger partial charge in [0.15, 0.2) is 0 Å². The maximum Gasteiger partial charge on any atom is 0.325 e. The number of rotatable bonds is 6. The molecule has 1 aromatic heterocycles. The zero-order valence-electron chi connectivity index (χ0n) is 14.9. The summed E-state index contributed by atoms with van der Waals surface area (Å²) in [5, 5.41) is 16.5. The highest BCUT2D eigenvalue weighted by Crippen LogP contribution is 2.17. The van der Waals surface area contributed by atoms with Crippen LogP contribution in [-0.4, -0.2) is 51.4 Å². The van der Waals surface area contributed by atoms with Crippen LogP contribution in [0.3, 0.4) is 0 Å². The molecule has 6 heteroatoms. The molecule has 2 aromatic rings. The van der Waals surface area contributed by atoms with E-state index in [0.29, 0.717) is 6.04 Å². The van der Waals surface area contributed by atoms with Gasteiger partial charge in [-0.05, 0) is 37.0 Å². The SMILES string of the molecule is Cc1ccc(CC2CNCCN2Cc2cnn(CC(=O)O)c2)cc1C. The van der Waals surface area contributed by atoms with Crippen molar-refractivity contribution >= 4 is 5.97 Å². The Morgan fingerprint density at radius 3 is 2.92 bits per heavy atom. The van der Waals surface area contributed by atoms with Gasteiger partial charge in [-0.15, -0.1) is 0 Å². The third-order valence-corrected chi connectivity index (χ3v) is 4.88. The number of carbonyl (C=O) groups is 1. The van der Waals surface area contributed by atoms with Crippen molar-refractivity contribution in [3.8, 4) is 0 Å². The number of hydrogen-bond donors (Lipinski definition) is 2. The Hall–Kier alpha value is -2.18. The molecular formula is C19H26N4O2. The quantitative estimate of drug-likeness (QED) is 0.834. The average molecular weight is 342 g/mol. The molecule has 2 N–H and O–H groups in total. The summed E-state index contributed by atoms with van der Waals surface area (Å²) in [6, 6.07) is 7.13. The van der Waals surface area contributed by atoms with Crippen LogP contribution in [0.25, 0.3) is 0 Å². The fraction of sp³-hybridized carbons (Fsp3) is 0.474. The number of aliphatic carboxylic acids is 1. The van der Waals surface area contributed by atoms with E-state index in [-0.39, 0.29) is 6.54 Å². The Morgan fingerprint density at radius 2 is 2.16 bits per heavy atom. The van der Waals surface area contributed by atoms with Gasteiger partial charge in [0.2, 0.25) is 0 Å². The van der Waals surface area contributed by atoms with Crippen molar-refractivity contribution in [3.63, 3.8) is 0 Å². The minimum Gasteiger partial charge on any atom is -0.480 e. The molecule has 0 saturated carbocycles. The summed E-state index contributed by atoms with van der Waals surface area (Å²) in [4.78, 5) is 13.3. The predicted molar refractivity (Wildman–Crippen MR) is 96.6 cm³/mol. The largest absolute Gasteiger partial charge is 0.480 e. The minimum atomic E-state index is -0.871. The Kier molecular flexibility index (Phi) is 5.50. The number of carboxylic acids is 1. The van der Waals surface area contributed by atoms with E-state index in [1.165, 1.54) is 21.4 Å². The van der Waals surface area contributed by atoms with Gasteiger partial charge in [0.25, 0.3) is 0 Å². The highest BCUT2D eigenvalue weighted by Gasteiger charge is 2.23. The van der Waals surface area contributed by atoms with Crippen molar-refractivity contribution < 1.29 is 9.90 Å². The lowest BCUT2D eigenvalue weighted by atomic mass is 9.99. The lowest BCUT2D eigenvalue weighted by Crippen LogP contribution is -2.51. The molecule has 0 aliphatic carbocycles. The van der Waals surface area contributed by atoms with Gasteiger partial charge in [-0.1, -0.05) is 18.2 Å². The maximum absolute atomic E-state index is 10.8. The van der Waals surface area contributed by atoms with Crippen molar-refractivity contribution in [1.82, 2.24) is 20.0 Å². The van der Waals surface area contributed by atoms with Gasteiger partial charge < -0.3 is 10.4 Å². The minimum absolute atomic E-state index is 0.0897. The van der Waals surface area contributed by atoms with Crippen molar-refractivity contribution in [2.45, 2.75) is 39.4 Å². The van der Waals surface area contributed by atoms with Crippen LogP contribution in [0.15, 0.2) is 30.6 Å². The lowest BCUT2D eigenvalue weighted by Gasteiger charge is -2.36. The third kappa shape index (κ3) is 4.67. The van der Waals surface area contributed by atoms with Gasteiger partial charge >= 0.3 is 5.97 Å².